The fourth-order valence-corrected chi connectivity index (χ4v) is 7.57. The van der Waals surface area contributed by atoms with Gasteiger partial charge in [-0.05, 0) is 71.3 Å². The van der Waals surface area contributed by atoms with E-state index < -0.39 is 35.3 Å². The minimum Gasteiger partial charge on any atom is -0.445 e. The molecule has 12 heteroatoms. The number of carbonyl (C=O) groups excluding carboxylic acids is 3. The fourth-order valence-electron chi connectivity index (χ4n) is 7.57. The van der Waals surface area contributed by atoms with Gasteiger partial charge in [0.05, 0.1) is 23.8 Å². The van der Waals surface area contributed by atoms with Crippen LogP contribution in [0.3, 0.4) is 0 Å². The highest BCUT2D eigenvalue weighted by Crippen LogP contribution is 2.30. The molecule has 1 atom stereocenters. The van der Waals surface area contributed by atoms with Gasteiger partial charge in [-0.2, -0.15) is 9.36 Å². The van der Waals surface area contributed by atoms with E-state index in [0.29, 0.717) is 41.9 Å². The maximum Gasteiger partial charge on any atom is 0.407 e. The highest BCUT2D eigenvalue weighted by molar-refractivity contribution is 5.92. The predicted octanol–water partition coefficient (Wildman–Crippen LogP) is 6.95. The Morgan fingerprint density at radius 3 is 1.61 bits per heavy atom. The van der Waals surface area contributed by atoms with Gasteiger partial charge in [-0.3, -0.25) is 9.59 Å². The third-order valence-electron chi connectivity index (χ3n) is 10.6. The number of carbonyl (C=O) groups is 3. The minimum absolute atomic E-state index is 0.00861. The molecule has 0 aliphatic carbocycles. The van der Waals surface area contributed by atoms with Gasteiger partial charge in [0.2, 0.25) is 11.8 Å². The van der Waals surface area contributed by atoms with Gasteiger partial charge >= 0.3 is 17.5 Å². The first-order valence-corrected chi connectivity index (χ1v) is 20.6. The summed E-state index contributed by atoms with van der Waals surface area (Å²) in [6.45, 7) is 0.391. The third kappa shape index (κ3) is 10.3. The Bertz CT molecular complexity index is 2570. The van der Waals surface area contributed by atoms with E-state index in [2.05, 4.69) is 5.32 Å². The number of rotatable bonds is 18. The molecule has 0 saturated carbocycles. The molecule has 0 aliphatic heterocycles. The highest BCUT2D eigenvalue weighted by Gasteiger charge is 2.34. The van der Waals surface area contributed by atoms with Crippen molar-refractivity contribution in [1.82, 2.24) is 24.1 Å². The standard InChI is InChI=1S/C50H48N6O6/c51-46(57)44(31-16-17-32-52-48(59)62-36-37-19-6-1-7-20-37)53(47(58)45(40-23-8-2-9-24-40)41-25-10-3-11-26-41)34-38-21-18-22-39(33-38)35-54-49(60)55(42-27-12-4-13-28-42)56(50(54)61)43-29-14-5-15-30-43/h1-15,18-30,33,44-45H,16-17,31-32,34-36H2,(H2,51,57)(H,52,59)/t44-/m1/s1. The molecule has 314 valence electrons. The summed E-state index contributed by atoms with van der Waals surface area (Å²) in [7, 11) is 0. The maximum absolute atomic E-state index is 15.1. The van der Waals surface area contributed by atoms with E-state index in [1.807, 2.05) is 121 Å². The molecule has 0 bridgehead atoms. The number of ether oxygens (including phenoxy) is 1. The molecule has 0 radical (unpaired) electrons. The number of nitrogens with two attached hydrogens (primary N) is 1. The summed E-state index contributed by atoms with van der Waals surface area (Å²) in [6.07, 6.45) is 0.648. The molecular formula is C50H48N6O6. The Kier molecular flexibility index (Phi) is 14.0. The highest BCUT2D eigenvalue weighted by atomic mass is 16.5. The van der Waals surface area contributed by atoms with Gasteiger partial charge in [0.25, 0.3) is 0 Å². The quantitative estimate of drug-likeness (QED) is 0.0895. The predicted molar refractivity (Wildman–Crippen MR) is 238 cm³/mol. The second-order valence-corrected chi connectivity index (χ2v) is 14.9. The van der Waals surface area contributed by atoms with E-state index in [1.54, 1.807) is 54.6 Å². The number of primary amides is 1. The van der Waals surface area contributed by atoms with Crippen molar-refractivity contribution in [1.29, 1.82) is 0 Å². The van der Waals surface area contributed by atoms with Gasteiger partial charge < -0.3 is 20.7 Å². The second kappa shape index (κ2) is 20.5. The number of amides is 3. The molecule has 1 aromatic heterocycles. The van der Waals surface area contributed by atoms with Gasteiger partial charge in [0.15, 0.2) is 0 Å². The molecule has 0 saturated heterocycles. The van der Waals surface area contributed by atoms with E-state index >= 15 is 4.79 Å². The number of aromatic nitrogens is 3. The number of benzene rings is 6. The van der Waals surface area contributed by atoms with Crippen molar-refractivity contribution in [3.05, 3.63) is 225 Å². The van der Waals surface area contributed by atoms with Gasteiger partial charge in [-0.25, -0.2) is 19.0 Å². The largest absolute Gasteiger partial charge is 0.445 e. The van der Waals surface area contributed by atoms with E-state index in [9.17, 15) is 19.2 Å². The summed E-state index contributed by atoms with van der Waals surface area (Å²) in [4.78, 5) is 70.6. The number of hydrogen-bond acceptors (Lipinski definition) is 6. The molecule has 0 unspecified atom stereocenters. The molecule has 0 fully saturated rings. The van der Waals surface area contributed by atoms with Crippen LogP contribution in [0.4, 0.5) is 4.79 Å². The van der Waals surface area contributed by atoms with E-state index in [0.717, 1.165) is 16.7 Å². The topological polar surface area (TPSA) is 151 Å². The molecule has 3 N–H and O–H groups in total. The maximum atomic E-state index is 15.1. The Morgan fingerprint density at radius 1 is 0.597 bits per heavy atom. The number of para-hydroxylation sites is 2. The van der Waals surface area contributed by atoms with Crippen molar-refractivity contribution in [2.45, 2.75) is 50.9 Å². The van der Waals surface area contributed by atoms with E-state index in [4.69, 9.17) is 10.5 Å². The van der Waals surface area contributed by atoms with Crippen LogP contribution in [0.15, 0.2) is 186 Å². The summed E-state index contributed by atoms with van der Waals surface area (Å²) in [5, 5.41) is 2.76. The zero-order valence-corrected chi connectivity index (χ0v) is 34.2. The number of alkyl carbamates (subject to hydrolysis) is 1. The van der Waals surface area contributed by atoms with Crippen LogP contribution in [0.2, 0.25) is 0 Å². The lowest BCUT2D eigenvalue weighted by atomic mass is 9.89. The van der Waals surface area contributed by atoms with Crippen molar-refractivity contribution in [2.24, 2.45) is 5.73 Å². The normalized spacial score (nSPS) is 11.5. The summed E-state index contributed by atoms with van der Waals surface area (Å²) < 4.78 is 9.23. The van der Waals surface area contributed by atoms with Crippen LogP contribution in [-0.2, 0) is 34.0 Å². The number of nitrogens with one attached hydrogen (secondary N) is 1. The lowest BCUT2D eigenvalue weighted by Crippen LogP contribution is -2.49. The summed E-state index contributed by atoms with van der Waals surface area (Å²) in [6, 6.07) is 52.4. The summed E-state index contributed by atoms with van der Waals surface area (Å²) >= 11 is 0. The molecule has 3 amide bonds. The Balaban J connectivity index is 1.16. The van der Waals surface area contributed by atoms with Crippen LogP contribution in [0.1, 0.15) is 53.0 Å². The van der Waals surface area contributed by atoms with Crippen molar-refractivity contribution in [2.75, 3.05) is 6.54 Å². The Morgan fingerprint density at radius 2 is 1.08 bits per heavy atom. The first-order chi connectivity index (χ1) is 30.3. The number of unbranched alkanes of at least 4 members (excludes halogenated alkanes) is 1. The van der Waals surface area contributed by atoms with Crippen LogP contribution in [-0.4, -0.2) is 49.3 Å². The van der Waals surface area contributed by atoms with Crippen molar-refractivity contribution >= 4 is 17.9 Å². The second-order valence-electron chi connectivity index (χ2n) is 14.9. The van der Waals surface area contributed by atoms with Gasteiger partial charge in [0.1, 0.15) is 12.6 Å². The van der Waals surface area contributed by atoms with Gasteiger partial charge in [0, 0.05) is 13.1 Å². The van der Waals surface area contributed by atoms with E-state index in [-0.39, 0.29) is 32.0 Å². The average molecular weight is 829 g/mol. The zero-order chi connectivity index (χ0) is 43.3. The summed E-state index contributed by atoms with van der Waals surface area (Å²) in [5.41, 5.74) is 9.85. The van der Waals surface area contributed by atoms with Crippen molar-refractivity contribution < 1.29 is 19.1 Å². The molecule has 7 aromatic rings. The molecule has 62 heavy (non-hydrogen) atoms. The molecule has 7 rings (SSSR count). The van der Waals surface area contributed by atoms with Crippen molar-refractivity contribution in [3.63, 3.8) is 0 Å². The average Bonchev–Trinajstić information content (AvgIpc) is 3.55. The van der Waals surface area contributed by atoms with Crippen LogP contribution < -0.4 is 22.4 Å². The molecule has 0 spiro atoms. The van der Waals surface area contributed by atoms with Crippen LogP contribution in [0.25, 0.3) is 11.4 Å². The fraction of sp³-hybridized carbons (Fsp3) is 0.180. The monoisotopic (exact) mass is 828 g/mol. The van der Waals surface area contributed by atoms with Crippen LogP contribution in [0, 0.1) is 0 Å². The Hall–Kier alpha value is -7.73. The Labute approximate surface area is 359 Å². The number of hydrogen-bond donors (Lipinski definition) is 2. The minimum atomic E-state index is -1.01. The first kappa shape index (κ1) is 42.4. The third-order valence-corrected chi connectivity index (χ3v) is 10.6. The molecular weight excluding hydrogens is 781 g/mol. The number of nitrogens with zero attached hydrogens (tertiary/aromatic N) is 4. The zero-order valence-electron chi connectivity index (χ0n) is 34.2. The summed E-state index contributed by atoms with van der Waals surface area (Å²) in [5.74, 6) is -1.74. The van der Waals surface area contributed by atoms with Crippen LogP contribution in [0.5, 0.6) is 0 Å². The van der Waals surface area contributed by atoms with E-state index in [1.165, 1.54) is 18.8 Å². The smallest absolute Gasteiger partial charge is 0.407 e. The van der Waals surface area contributed by atoms with Crippen LogP contribution >= 0.6 is 0 Å². The molecule has 12 nitrogen and oxygen atoms in total. The molecule has 1 heterocycles. The molecule has 0 aliphatic rings. The van der Waals surface area contributed by atoms with Gasteiger partial charge in [-0.1, -0.05) is 152 Å². The first-order valence-electron chi connectivity index (χ1n) is 20.6. The molecule has 6 aromatic carbocycles. The lowest BCUT2D eigenvalue weighted by Gasteiger charge is -2.33. The van der Waals surface area contributed by atoms with Gasteiger partial charge in [-0.15, -0.1) is 0 Å². The lowest BCUT2D eigenvalue weighted by molar-refractivity contribution is -0.141. The SMILES string of the molecule is NC(=O)[C@@H](CCCCNC(=O)OCc1ccccc1)N(Cc1cccc(Cn2c(=O)n(-c3ccccc3)n(-c3ccccc3)c2=O)c1)C(=O)C(c1ccccc1)c1ccccc1. The van der Waals surface area contributed by atoms with Crippen molar-refractivity contribution in [3.8, 4) is 11.4 Å².